The van der Waals surface area contributed by atoms with Crippen LogP contribution in [0.2, 0.25) is 0 Å². The summed E-state index contributed by atoms with van der Waals surface area (Å²) in [5.41, 5.74) is 5.79. The minimum absolute atomic E-state index is 0.602. The highest BCUT2D eigenvalue weighted by Crippen LogP contribution is 2.18. The van der Waals surface area contributed by atoms with E-state index in [-0.39, 0.29) is 0 Å². The SMILES string of the molecule is CCC(CN)N1CCC(N(CC)CC)C1. The first-order valence-corrected chi connectivity index (χ1v) is 6.44. The number of nitrogens with two attached hydrogens (primary N) is 1. The van der Waals surface area contributed by atoms with Gasteiger partial charge in [0.2, 0.25) is 0 Å². The summed E-state index contributed by atoms with van der Waals surface area (Å²) in [6, 6.07) is 1.37. The fourth-order valence-electron chi connectivity index (χ4n) is 2.71. The van der Waals surface area contributed by atoms with Gasteiger partial charge in [0.1, 0.15) is 0 Å². The number of hydrogen-bond acceptors (Lipinski definition) is 3. The Morgan fingerprint density at radius 2 is 2.00 bits per heavy atom. The van der Waals surface area contributed by atoms with E-state index in [9.17, 15) is 0 Å². The van der Waals surface area contributed by atoms with E-state index in [0.717, 1.165) is 12.6 Å². The van der Waals surface area contributed by atoms with Gasteiger partial charge < -0.3 is 5.73 Å². The van der Waals surface area contributed by atoms with Gasteiger partial charge in [0.25, 0.3) is 0 Å². The van der Waals surface area contributed by atoms with E-state index in [2.05, 4.69) is 30.6 Å². The zero-order valence-corrected chi connectivity index (χ0v) is 10.6. The molecular weight excluding hydrogens is 186 g/mol. The summed E-state index contributed by atoms with van der Waals surface area (Å²) < 4.78 is 0. The van der Waals surface area contributed by atoms with Crippen molar-refractivity contribution in [3.05, 3.63) is 0 Å². The van der Waals surface area contributed by atoms with Crippen LogP contribution in [0.4, 0.5) is 0 Å². The normalized spacial score (nSPS) is 25.0. The molecule has 2 atom stereocenters. The summed E-state index contributed by atoms with van der Waals surface area (Å²) >= 11 is 0. The molecule has 3 nitrogen and oxygen atoms in total. The predicted molar refractivity (Wildman–Crippen MR) is 66.0 cm³/mol. The van der Waals surface area contributed by atoms with E-state index in [0.29, 0.717) is 6.04 Å². The van der Waals surface area contributed by atoms with Crippen molar-refractivity contribution in [2.75, 3.05) is 32.7 Å². The highest BCUT2D eigenvalue weighted by atomic mass is 15.3. The molecule has 1 heterocycles. The molecule has 15 heavy (non-hydrogen) atoms. The molecule has 0 aromatic heterocycles. The first-order chi connectivity index (χ1) is 7.26. The molecule has 0 aromatic rings. The molecule has 1 aliphatic rings. The molecule has 1 fully saturated rings. The Bertz CT molecular complexity index is 146. The number of rotatable bonds is 6. The van der Waals surface area contributed by atoms with Gasteiger partial charge >= 0.3 is 0 Å². The summed E-state index contributed by atoms with van der Waals surface area (Å²) in [7, 11) is 0. The third-order valence-electron chi connectivity index (χ3n) is 3.78. The Kier molecular flexibility index (Phi) is 5.58. The van der Waals surface area contributed by atoms with Gasteiger partial charge in [-0.1, -0.05) is 20.8 Å². The van der Waals surface area contributed by atoms with Crippen LogP contribution in [0.1, 0.15) is 33.6 Å². The molecule has 0 aliphatic carbocycles. The Hall–Kier alpha value is -0.120. The molecule has 0 aromatic carbocycles. The van der Waals surface area contributed by atoms with E-state index in [4.69, 9.17) is 5.73 Å². The highest BCUT2D eigenvalue weighted by molar-refractivity contribution is 4.86. The van der Waals surface area contributed by atoms with Crippen LogP contribution in [-0.4, -0.2) is 54.6 Å². The van der Waals surface area contributed by atoms with Crippen molar-refractivity contribution >= 4 is 0 Å². The van der Waals surface area contributed by atoms with Crippen molar-refractivity contribution in [1.82, 2.24) is 9.80 Å². The highest BCUT2D eigenvalue weighted by Gasteiger charge is 2.29. The Labute approximate surface area is 94.6 Å². The smallest absolute Gasteiger partial charge is 0.0235 e. The van der Waals surface area contributed by atoms with Crippen LogP contribution in [0.3, 0.4) is 0 Å². The number of likely N-dealkylation sites (N-methyl/N-ethyl adjacent to an activating group) is 1. The minimum atomic E-state index is 0.602. The minimum Gasteiger partial charge on any atom is -0.329 e. The zero-order valence-electron chi connectivity index (χ0n) is 10.6. The molecule has 1 rings (SSSR count). The van der Waals surface area contributed by atoms with Crippen molar-refractivity contribution in [2.24, 2.45) is 5.73 Å². The Balaban J connectivity index is 2.43. The van der Waals surface area contributed by atoms with Crippen LogP contribution in [0.25, 0.3) is 0 Å². The Morgan fingerprint density at radius 3 is 2.47 bits per heavy atom. The standard InChI is InChI=1S/C12H27N3/c1-4-11(9-13)15-8-7-12(10-15)14(5-2)6-3/h11-12H,4-10,13H2,1-3H3. The van der Waals surface area contributed by atoms with Gasteiger partial charge in [0, 0.05) is 31.7 Å². The van der Waals surface area contributed by atoms with Gasteiger partial charge in [-0.3, -0.25) is 9.80 Å². The molecule has 0 saturated carbocycles. The largest absolute Gasteiger partial charge is 0.329 e. The maximum absolute atomic E-state index is 5.79. The lowest BCUT2D eigenvalue weighted by Gasteiger charge is -2.29. The second-order valence-corrected chi connectivity index (χ2v) is 4.46. The Morgan fingerprint density at radius 1 is 1.33 bits per heavy atom. The first-order valence-electron chi connectivity index (χ1n) is 6.44. The fraction of sp³-hybridized carbons (Fsp3) is 1.00. The van der Waals surface area contributed by atoms with Crippen molar-refractivity contribution in [3.63, 3.8) is 0 Å². The predicted octanol–water partition coefficient (Wildman–Crippen LogP) is 1.14. The number of likely N-dealkylation sites (tertiary alicyclic amines) is 1. The molecule has 1 aliphatic heterocycles. The molecule has 1 saturated heterocycles. The third kappa shape index (κ3) is 3.16. The summed E-state index contributed by atoms with van der Waals surface area (Å²) in [6.45, 7) is 12.4. The van der Waals surface area contributed by atoms with Crippen LogP contribution in [0.15, 0.2) is 0 Å². The lowest BCUT2D eigenvalue weighted by molar-refractivity contribution is 0.187. The molecule has 3 heteroatoms. The van der Waals surface area contributed by atoms with E-state index in [1.54, 1.807) is 0 Å². The van der Waals surface area contributed by atoms with Crippen molar-refractivity contribution < 1.29 is 0 Å². The third-order valence-corrected chi connectivity index (χ3v) is 3.78. The number of nitrogens with zero attached hydrogens (tertiary/aromatic N) is 2. The van der Waals surface area contributed by atoms with Gasteiger partial charge in [0.05, 0.1) is 0 Å². The molecule has 0 bridgehead atoms. The monoisotopic (exact) mass is 213 g/mol. The van der Waals surface area contributed by atoms with Gasteiger partial charge in [-0.2, -0.15) is 0 Å². The average molecular weight is 213 g/mol. The molecule has 0 radical (unpaired) electrons. The second-order valence-electron chi connectivity index (χ2n) is 4.46. The van der Waals surface area contributed by atoms with E-state index >= 15 is 0 Å². The van der Waals surface area contributed by atoms with E-state index in [1.165, 1.54) is 39.0 Å². The summed E-state index contributed by atoms with van der Waals surface area (Å²) in [5.74, 6) is 0. The maximum atomic E-state index is 5.79. The zero-order chi connectivity index (χ0) is 11.3. The molecule has 2 N–H and O–H groups in total. The van der Waals surface area contributed by atoms with Crippen LogP contribution >= 0.6 is 0 Å². The molecule has 0 spiro atoms. The van der Waals surface area contributed by atoms with Crippen LogP contribution < -0.4 is 5.73 Å². The maximum Gasteiger partial charge on any atom is 0.0235 e. The van der Waals surface area contributed by atoms with Crippen LogP contribution in [0.5, 0.6) is 0 Å². The van der Waals surface area contributed by atoms with Crippen molar-refractivity contribution in [1.29, 1.82) is 0 Å². The van der Waals surface area contributed by atoms with Gasteiger partial charge in [0.15, 0.2) is 0 Å². The molecule has 0 amide bonds. The lowest BCUT2D eigenvalue weighted by atomic mass is 10.2. The average Bonchev–Trinajstić information content (AvgIpc) is 2.71. The van der Waals surface area contributed by atoms with Gasteiger partial charge in [-0.05, 0) is 25.9 Å². The summed E-state index contributed by atoms with van der Waals surface area (Å²) in [4.78, 5) is 5.15. The second kappa shape index (κ2) is 6.46. The molecular formula is C12H27N3. The van der Waals surface area contributed by atoms with E-state index in [1.807, 2.05) is 0 Å². The van der Waals surface area contributed by atoms with Gasteiger partial charge in [-0.25, -0.2) is 0 Å². The first kappa shape index (κ1) is 12.9. The van der Waals surface area contributed by atoms with E-state index < -0.39 is 0 Å². The fourth-order valence-corrected chi connectivity index (χ4v) is 2.71. The number of hydrogen-bond donors (Lipinski definition) is 1. The van der Waals surface area contributed by atoms with Crippen LogP contribution in [0, 0.1) is 0 Å². The van der Waals surface area contributed by atoms with Crippen molar-refractivity contribution in [2.45, 2.75) is 45.7 Å². The molecule has 2 unspecified atom stereocenters. The summed E-state index contributed by atoms with van der Waals surface area (Å²) in [6.07, 6.45) is 2.50. The van der Waals surface area contributed by atoms with Crippen LogP contribution in [-0.2, 0) is 0 Å². The quantitative estimate of drug-likeness (QED) is 0.718. The lowest BCUT2D eigenvalue weighted by Crippen LogP contribution is -2.42. The van der Waals surface area contributed by atoms with Gasteiger partial charge in [-0.15, -0.1) is 0 Å². The molecule has 90 valence electrons. The summed E-state index contributed by atoms with van der Waals surface area (Å²) in [5, 5.41) is 0. The topological polar surface area (TPSA) is 32.5 Å². The van der Waals surface area contributed by atoms with Crippen molar-refractivity contribution in [3.8, 4) is 0 Å².